The Balaban J connectivity index is 1.22. The van der Waals surface area contributed by atoms with Crippen LogP contribution in [-0.4, -0.2) is 47.3 Å². The van der Waals surface area contributed by atoms with Crippen LogP contribution in [0, 0.1) is 0 Å². The molecule has 0 spiro atoms. The Labute approximate surface area is 166 Å². The van der Waals surface area contributed by atoms with Gasteiger partial charge in [-0.05, 0) is 23.1 Å². The van der Waals surface area contributed by atoms with E-state index in [0.29, 0.717) is 31.1 Å². The Morgan fingerprint density at radius 2 is 2.14 bits per heavy atom. The molecule has 0 atom stereocenters. The molecule has 28 heavy (non-hydrogen) atoms. The van der Waals surface area contributed by atoms with E-state index in [1.807, 2.05) is 29.6 Å². The largest absolute Gasteiger partial charge is 0.378 e. The lowest BCUT2D eigenvalue weighted by molar-refractivity contribution is -0.121. The van der Waals surface area contributed by atoms with E-state index in [1.54, 1.807) is 17.5 Å². The lowest BCUT2D eigenvalue weighted by atomic mass is 10.2. The van der Waals surface area contributed by atoms with Crippen LogP contribution in [0.1, 0.15) is 17.9 Å². The second-order valence-electron chi connectivity index (χ2n) is 6.39. The maximum absolute atomic E-state index is 12.1. The first-order chi connectivity index (χ1) is 13.8. The predicted molar refractivity (Wildman–Crippen MR) is 105 cm³/mol. The molecule has 0 radical (unpaired) electrons. The standard InChI is InChI=1S/C19H21N5O3S/c25-17(5-6-18-22-19(23-27-18)15-2-1-11-28-15)21-13-14-3-4-16(20-12-14)24-7-9-26-10-8-24/h1-4,11-12H,5-10,13H2,(H,21,25). The average molecular weight is 399 g/mol. The Bertz CT molecular complexity index is 889. The Hall–Kier alpha value is -2.78. The minimum Gasteiger partial charge on any atom is -0.378 e. The molecule has 1 amide bonds. The molecule has 0 aromatic carbocycles. The van der Waals surface area contributed by atoms with Crippen molar-refractivity contribution in [2.75, 3.05) is 31.2 Å². The summed E-state index contributed by atoms with van der Waals surface area (Å²) in [5, 5.41) is 8.81. The van der Waals surface area contributed by atoms with E-state index in [1.165, 1.54) is 0 Å². The van der Waals surface area contributed by atoms with Gasteiger partial charge in [-0.15, -0.1) is 11.3 Å². The fourth-order valence-electron chi connectivity index (χ4n) is 2.87. The predicted octanol–water partition coefficient (Wildman–Crippen LogP) is 2.28. The molecule has 0 aliphatic carbocycles. The van der Waals surface area contributed by atoms with Crippen LogP contribution in [0.3, 0.4) is 0 Å². The van der Waals surface area contributed by atoms with Crippen molar-refractivity contribution in [2.24, 2.45) is 0 Å². The fraction of sp³-hybridized carbons (Fsp3) is 0.368. The number of amides is 1. The second kappa shape index (κ2) is 8.94. The van der Waals surface area contributed by atoms with Crippen molar-refractivity contribution >= 4 is 23.1 Å². The van der Waals surface area contributed by atoms with Crippen LogP contribution in [0.4, 0.5) is 5.82 Å². The third-order valence-corrected chi connectivity index (χ3v) is 5.28. The number of thiophene rings is 1. The van der Waals surface area contributed by atoms with Crippen LogP contribution in [0.2, 0.25) is 0 Å². The van der Waals surface area contributed by atoms with Gasteiger partial charge < -0.3 is 19.5 Å². The number of carbonyl (C=O) groups is 1. The first-order valence-corrected chi connectivity index (χ1v) is 10.1. The zero-order chi connectivity index (χ0) is 19.2. The fourth-order valence-corrected chi connectivity index (χ4v) is 3.52. The first-order valence-electron chi connectivity index (χ1n) is 9.19. The minimum atomic E-state index is -0.0619. The number of carbonyl (C=O) groups excluding carboxylic acids is 1. The molecule has 1 aliphatic rings. The number of pyridine rings is 1. The maximum atomic E-state index is 12.1. The van der Waals surface area contributed by atoms with Crippen molar-refractivity contribution in [2.45, 2.75) is 19.4 Å². The molecular weight excluding hydrogens is 378 g/mol. The molecule has 8 nitrogen and oxygen atoms in total. The average Bonchev–Trinajstić information content (AvgIpc) is 3.43. The Kier molecular flexibility index (Phi) is 5.93. The van der Waals surface area contributed by atoms with Gasteiger partial charge in [0.05, 0.1) is 18.1 Å². The second-order valence-corrected chi connectivity index (χ2v) is 7.34. The van der Waals surface area contributed by atoms with Crippen LogP contribution in [0.15, 0.2) is 40.4 Å². The van der Waals surface area contributed by atoms with Crippen molar-refractivity contribution < 1.29 is 14.1 Å². The number of rotatable bonds is 7. The van der Waals surface area contributed by atoms with Gasteiger partial charge in [0.1, 0.15) is 5.82 Å². The molecule has 1 fully saturated rings. The summed E-state index contributed by atoms with van der Waals surface area (Å²) >= 11 is 1.55. The molecule has 0 saturated carbocycles. The number of aryl methyl sites for hydroxylation is 1. The summed E-state index contributed by atoms with van der Waals surface area (Å²) in [6.07, 6.45) is 2.51. The number of ether oxygens (including phenoxy) is 1. The lowest BCUT2D eigenvalue weighted by Crippen LogP contribution is -2.36. The molecule has 9 heteroatoms. The highest BCUT2D eigenvalue weighted by Gasteiger charge is 2.13. The molecule has 1 saturated heterocycles. The number of hydrogen-bond acceptors (Lipinski definition) is 8. The van der Waals surface area contributed by atoms with Crippen molar-refractivity contribution in [3.8, 4) is 10.7 Å². The van der Waals surface area contributed by atoms with Crippen molar-refractivity contribution in [1.82, 2.24) is 20.4 Å². The molecular formula is C19H21N5O3S. The maximum Gasteiger partial charge on any atom is 0.227 e. The summed E-state index contributed by atoms with van der Waals surface area (Å²) in [6, 6.07) is 7.84. The number of hydrogen-bond donors (Lipinski definition) is 1. The number of aromatic nitrogens is 3. The highest BCUT2D eigenvalue weighted by atomic mass is 32.1. The van der Waals surface area contributed by atoms with Gasteiger partial charge in [-0.1, -0.05) is 17.3 Å². The quantitative estimate of drug-likeness (QED) is 0.651. The molecule has 146 valence electrons. The lowest BCUT2D eigenvalue weighted by Gasteiger charge is -2.27. The van der Waals surface area contributed by atoms with Gasteiger partial charge in [0.15, 0.2) is 0 Å². The molecule has 1 aliphatic heterocycles. The van der Waals surface area contributed by atoms with Crippen molar-refractivity contribution in [1.29, 1.82) is 0 Å². The Morgan fingerprint density at radius 3 is 2.89 bits per heavy atom. The smallest absolute Gasteiger partial charge is 0.227 e. The normalized spacial score (nSPS) is 14.2. The topological polar surface area (TPSA) is 93.4 Å². The van der Waals surface area contributed by atoms with E-state index in [2.05, 4.69) is 25.3 Å². The molecule has 0 unspecified atom stereocenters. The third kappa shape index (κ3) is 4.73. The SMILES string of the molecule is O=C(CCc1nc(-c2cccs2)no1)NCc1ccc(N2CCOCC2)nc1. The highest BCUT2D eigenvalue weighted by Crippen LogP contribution is 2.21. The highest BCUT2D eigenvalue weighted by molar-refractivity contribution is 7.13. The molecule has 3 aromatic rings. The summed E-state index contributed by atoms with van der Waals surface area (Å²) in [5.74, 6) is 1.91. The van der Waals surface area contributed by atoms with Crippen molar-refractivity contribution in [3.63, 3.8) is 0 Å². The first kappa shape index (κ1) is 18.6. The monoisotopic (exact) mass is 399 g/mol. The minimum absolute atomic E-state index is 0.0619. The van der Waals surface area contributed by atoms with Gasteiger partial charge in [0, 0.05) is 38.7 Å². The van der Waals surface area contributed by atoms with Crippen molar-refractivity contribution in [3.05, 3.63) is 47.3 Å². The van der Waals surface area contributed by atoms with Gasteiger partial charge in [0.25, 0.3) is 0 Å². The molecule has 0 bridgehead atoms. The summed E-state index contributed by atoms with van der Waals surface area (Å²) in [6.45, 7) is 3.61. The molecule has 4 rings (SSSR count). The molecule has 1 N–H and O–H groups in total. The summed E-state index contributed by atoms with van der Waals surface area (Å²) in [7, 11) is 0. The number of morpholine rings is 1. The number of anilines is 1. The van der Waals surface area contributed by atoms with E-state index in [4.69, 9.17) is 9.26 Å². The van der Waals surface area contributed by atoms with E-state index >= 15 is 0 Å². The molecule has 3 aromatic heterocycles. The molecule has 4 heterocycles. The Morgan fingerprint density at radius 1 is 1.25 bits per heavy atom. The zero-order valence-corrected chi connectivity index (χ0v) is 16.2. The number of nitrogens with zero attached hydrogens (tertiary/aromatic N) is 4. The van der Waals surface area contributed by atoms with E-state index < -0.39 is 0 Å². The number of nitrogens with one attached hydrogen (secondary N) is 1. The summed E-state index contributed by atoms with van der Waals surface area (Å²) in [4.78, 5) is 24.1. The van der Waals surface area contributed by atoms with Gasteiger partial charge >= 0.3 is 0 Å². The van der Waals surface area contributed by atoms with E-state index in [-0.39, 0.29) is 5.91 Å². The van der Waals surface area contributed by atoms with Gasteiger partial charge in [-0.25, -0.2) is 4.98 Å². The summed E-state index contributed by atoms with van der Waals surface area (Å²) in [5.41, 5.74) is 0.961. The summed E-state index contributed by atoms with van der Waals surface area (Å²) < 4.78 is 10.6. The zero-order valence-electron chi connectivity index (χ0n) is 15.3. The van der Waals surface area contributed by atoms with Gasteiger partial charge in [-0.2, -0.15) is 4.98 Å². The van der Waals surface area contributed by atoms with Gasteiger partial charge in [-0.3, -0.25) is 4.79 Å². The van der Waals surface area contributed by atoms with Crippen LogP contribution < -0.4 is 10.2 Å². The van der Waals surface area contributed by atoms with Crippen LogP contribution in [0.25, 0.3) is 10.7 Å². The third-order valence-electron chi connectivity index (χ3n) is 4.41. The van der Waals surface area contributed by atoms with Crippen LogP contribution in [-0.2, 0) is 22.5 Å². The van der Waals surface area contributed by atoms with E-state index in [0.717, 1.165) is 42.6 Å². The van der Waals surface area contributed by atoms with Gasteiger partial charge in [0.2, 0.25) is 17.6 Å². The van der Waals surface area contributed by atoms with E-state index in [9.17, 15) is 4.79 Å². The van der Waals surface area contributed by atoms with Crippen LogP contribution in [0.5, 0.6) is 0 Å². The van der Waals surface area contributed by atoms with Crippen LogP contribution >= 0.6 is 11.3 Å².